The molecule has 1 atom stereocenters. The number of nitrogens with zero attached hydrogens (tertiary/aromatic N) is 2. The molecule has 0 aliphatic heterocycles. The SMILES string of the molecule is CC(c1ccccc1)N(C)CC(=O)Nc1ccc(C#N)c(Cl)c1. The molecule has 2 aromatic carbocycles. The van der Waals surface area contributed by atoms with Crippen LogP contribution in [0.3, 0.4) is 0 Å². The van der Waals surface area contributed by atoms with E-state index >= 15 is 0 Å². The van der Waals surface area contributed by atoms with Crippen molar-refractivity contribution in [2.45, 2.75) is 13.0 Å². The fraction of sp³-hybridized carbons (Fsp3) is 0.222. The first kappa shape index (κ1) is 17.0. The number of anilines is 1. The van der Waals surface area contributed by atoms with Crippen molar-refractivity contribution in [3.63, 3.8) is 0 Å². The molecular formula is C18H18ClN3O. The lowest BCUT2D eigenvalue weighted by atomic mass is 10.1. The number of nitrogens with one attached hydrogen (secondary N) is 1. The third-order valence-electron chi connectivity index (χ3n) is 3.71. The van der Waals surface area contributed by atoms with E-state index in [4.69, 9.17) is 16.9 Å². The average molecular weight is 328 g/mol. The Balaban J connectivity index is 1.97. The summed E-state index contributed by atoms with van der Waals surface area (Å²) in [7, 11) is 1.91. The topological polar surface area (TPSA) is 56.1 Å². The van der Waals surface area contributed by atoms with Gasteiger partial charge in [0, 0.05) is 11.7 Å². The van der Waals surface area contributed by atoms with Gasteiger partial charge < -0.3 is 5.32 Å². The zero-order valence-corrected chi connectivity index (χ0v) is 13.8. The number of halogens is 1. The van der Waals surface area contributed by atoms with E-state index in [1.807, 2.05) is 48.3 Å². The van der Waals surface area contributed by atoms with Crippen molar-refractivity contribution in [1.29, 1.82) is 5.26 Å². The van der Waals surface area contributed by atoms with Crippen molar-refractivity contribution in [2.75, 3.05) is 18.9 Å². The van der Waals surface area contributed by atoms with E-state index in [0.717, 1.165) is 5.56 Å². The molecule has 0 fully saturated rings. The Kier molecular flexibility index (Phi) is 5.75. The highest BCUT2D eigenvalue weighted by Crippen LogP contribution is 2.21. The highest BCUT2D eigenvalue weighted by molar-refractivity contribution is 6.32. The molecule has 2 aromatic rings. The quantitative estimate of drug-likeness (QED) is 0.907. The minimum atomic E-state index is -0.129. The minimum Gasteiger partial charge on any atom is -0.325 e. The van der Waals surface area contributed by atoms with E-state index in [9.17, 15) is 4.79 Å². The molecule has 0 aliphatic rings. The van der Waals surface area contributed by atoms with Crippen LogP contribution in [-0.4, -0.2) is 24.4 Å². The number of rotatable bonds is 5. The Hall–Kier alpha value is -2.35. The second kappa shape index (κ2) is 7.77. The van der Waals surface area contributed by atoms with Crippen LogP contribution in [0.5, 0.6) is 0 Å². The fourth-order valence-electron chi connectivity index (χ4n) is 2.23. The Morgan fingerprint density at radius 1 is 1.30 bits per heavy atom. The molecule has 1 amide bonds. The molecule has 4 nitrogen and oxygen atoms in total. The van der Waals surface area contributed by atoms with Crippen LogP contribution in [0.15, 0.2) is 48.5 Å². The molecule has 0 aliphatic carbocycles. The lowest BCUT2D eigenvalue weighted by Gasteiger charge is -2.24. The fourth-order valence-corrected chi connectivity index (χ4v) is 2.46. The molecule has 1 N–H and O–H groups in total. The summed E-state index contributed by atoms with van der Waals surface area (Å²) in [6.45, 7) is 2.31. The number of carbonyl (C=O) groups excluding carboxylic acids is 1. The van der Waals surface area contributed by atoms with Crippen LogP contribution in [0, 0.1) is 11.3 Å². The van der Waals surface area contributed by atoms with E-state index in [1.54, 1.807) is 18.2 Å². The van der Waals surface area contributed by atoms with Crippen LogP contribution >= 0.6 is 11.6 Å². The predicted octanol–water partition coefficient (Wildman–Crippen LogP) is 3.84. The highest BCUT2D eigenvalue weighted by Gasteiger charge is 2.15. The summed E-state index contributed by atoms with van der Waals surface area (Å²) in [4.78, 5) is 14.1. The summed E-state index contributed by atoms with van der Waals surface area (Å²) in [5.41, 5.74) is 2.13. The molecule has 0 aromatic heterocycles. The molecule has 0 radical (unpaired) electrons. The third kappa shape index (κ3) is 4.56. The molecule has 0 heterocycles. The molecular weight excluding hydrogens is 310 g/mol. The molecule has 0 saturated heterocycles. The molecule has 2 rings (SSSR count). The zero-order valence-electron chi connectivity index (χ0n) is 13.1. The van der Waals surface area contributed by atoms with E-state index in [0.29, 0.717) is 16.3 Å². The molecule has 0 spiro atoms. The summed E-state index contributed by atoms with van der Waals surface area (Å²) in [5.74, 6) is -0.129. The standard InChI is InChI=1S/C18H18ClN3O/c1-13(14-6-4-3-5-7-14)22(2)12-18(23)21-16-9-8-15(11-20)17(19)10-16/h3-10,13H,12H2,1-2H3,(H,21,23). The first-order valence-corrected chi connectivity index (χ1v) is 7.63. The van der Waals surface area contributed by atoms with Gasteiger partial charge in [-0.25, -0.2) is 0 Å². The van der Waals surface area contributed by atoms with Gasteiger partial charge in [-0.2, -0.15) is 5.26 Å². The Morgan fingerprint density at radius 3 is 2.61 bits per heavy atom. The van der Waals surface area contributed by atoms with Crippen LogP contribution in [0.25, 0.3) is 0 Å². The first-order valence-electron chi connectivity index (χ1n) is 7.26. The largest absolute Gasteiger partial charge is 0.325 e. The second-order valence-corrected chi connectivity index (χ2v) is 5.76. The third-order valence-corrected chi connectivity index (χ3v) is 4.02. The van der Waals surface area contributed by atoms with E-state index in [-0.39, 0.29) is 18.5 Å². The van der Waals surface area contributed by atoms with E-state index < -0.39 is 0 Å². The number of benzene rings is 2. The molecule has 0 bridgehead atoms. The summed E-state index contributed by atoms with van der Waals surface area (Å²) in [5, 5.41) is 12.0. The normalized spacial score (nSPS) is 11.8. The van der Waals surface area contributed by atoms with Crippen LogP contribution in [0.1, 0.15) is 24.1 Å². The predicted molar refractivity (Wildman–Crippen MR) is 92.3 cm³/mol. The number of amides is 1. The Bertz CT molecular complexity index is 725. The van der Waals surface area contributed by atoms with Crippen LogP contribution < -0.4 is 5.32 Å². The van der Waals surface area contributed by atoms with Gasteiger partial charge in [0.05, 0.1) is 17.1 Å². The van der Waals surface area contributed by atoms with Crippen LogP contribution in [-0.2, 0) is 4.79 Å². The molecule has 5 heteroatoms. The zero-order chi connectivity index (χ0) is 16.8. The van der Waals surface area contributed by atoms with Crippen LogP contribution in [0.4, 0.5) is 5.69 Å². The monoisotopic (exact) mass is 327 g/mol. The van der Waals surface area contributed by atoms with Crippen molar-refractivity contribution in [2.24, 2.45) is 0 Å². The van der Waals surface area contributed by atoms with Gasteiger partial charge in [-0.1, -0.05) is 41.9 Å². The van der Waals surface area contributed by atoms with Gasteiger partial charge >= 0.3 is 0 Å². The second-order valence-electron chi connectivity index (χ2n) is 5.36. The van der Waals surface area contributed by atoms with Gasteiger partial charge in [0.15, 0.2) is 0 Å². The highest BCUT2D eigenvalue weighted by atomic mass is 35.5. The maximum absolute atomic E-state index is 12.2. The summed E-state index contributed by atoms with van der Waals surface area (Å²) >= 11 is 5.96. The smallest absolute Gasteiger partial charge is 0.238 e. The average Bonchev–Trinajstić information content (AvgIpc) is 2.55. The Labute approximate surface area is 141 Å². The van der Waals surface area contributed by atoms with Gasteiger partial charge in [0.25, 0.3) is 0 Å². The van der Waals surface area contributed by atoms with Gasteiger partial charge in [-0.3, -0.25) is 9.69 Å². The molecule has 0 saturated carbocycles. The van der Waals surface area contributed by atoms with E-state index in [2.05, 4.69) is 12.2 Å². The number of nitriles is 1. The maximum atomic E-state index is 12.2. The van der Waals surface area contributed by atoms with Crippen LogP contribution in [0.2, 0.25) is 5.02 Å². The maximum Gasteiger partial charge on any atom is 0.238 e. The van der Waals surface area contributed by atoms with Gasteiger partial charge in [-0.05, 0) is 37.7 Å². The molecule has 1 unspecified atom stereocenters. The number of likely N-dealkylation sites (N-methyl/N-ethyl adjacent to an activating group) is 1. The number of hydrogen-bond acceptors (Lipinski definition) is 3. The van der Waals surface area contributed by atoms with E-state index in [1.165, 1.54) is 0 Å². The molecule has 118 valence electrons. The van der Waals surface area contributed by atoms with Crippen molar-refractivity contribution >= 4 is 23.2 Å². The summed E-state index contributed by atoms with van der Waals surface area (Å²) in [6, 6.07) is 17.0. The number of carbonyl (C=O) groups is 1. The summed E-state index contributed by atoms with van der Waals surface area (Å²) in [6.07, 6.45) is 0. The van der Waals surface area contributed by atoms with Crippen molar-refractivity contribution in [3.05, 3.63) is 64.7 Å². The summed E-state index contributed by atoms with van der Waals surface area (Å²) < 4.78 is 0. The van der Waals surface area contributed by atoms with Crippen molar-refractivity contribution in [3.8, 4) is 6.07 Å². The lowest BCUT2D eigenvalue weighted by Crippen LogP contribution is -2.32. The van der Waals surface area contributed by atoms with Gasteiger partial charge in [-0.15, -0.1) is 0 Å². The Morgan fingerprint density at radius 2 is 2.00 bits per heavy atom. The van der Waals surface area contributed by atoms with Crippen molar-refractivity contribution in [1.82, 2.24) is 4.90 Å². The minimum absolute atomic E-state index is 0.129. The lowest BCUT2D eigenvalue weighted by molar-refractivity contribution is -0.117. The van der Waals surface area contributed by atoms with Gasteiger partial charge in [0.2, 0.25) is 5.91 Å². The number of hydrogen-bond donors (Lipinski definition) is 1. The van der Waals surface area contributed by atoms with Gasteiger partial charge in [0.1, 0.15) is 6.07 Å². The first-order chi connectivity index (χ1) is 11.0. The molecule has 23 heavy (non-hydrogen) atoms. The van der Waals surface area contributed by atoms with Crippen molar-refractivity contribution < 1.29 is 4.79 Å².